The van der Waals surface area contributed by atoms with Gasteiger partial charge in [-0.25, -0.2) is 19.8 Å². The zero-order valence-corrected chi connectivity index (χ0v) is 13.5. The topological polar surface area (TPSA) is 70.5 Å². The average molecular weight is 333 g/mol. The SMILES string of the molecule is CN(C)c1ccnc(SCC(=O)N/N=C/c2ccc(F)cc2)n1. The number of hydrogen-bond acceptors (Lipinski definition) is 6. The molecule has 2 aromatic rings. The third-order valence-electron chi connectivity index (χ3n) is 2.68. The number of benzene rings is 1. The molecule has 0 saturated heterocycles. The number of carbonyl (C=O) groups is 1. The van der Waals surface area contributed by atoms with Gasteiger partial charge in [0.2, 0.25) is 0 Å². The lowest BCUT2D eigenvalue weighted by Crippen LogP contribution is -2.20. The Labute approximate surface area is 137 Å². The van der Waals surface area contributed by atoms with Crippen molar-refractivity contribution in [3.63, 3.8) is 0 Å². The molecular formula is C15H16FN5OS. The van der Waals surface area contributed by atoms with E-state index >= 15 is 0 Å². The molecule has 0 saturated carbocycles. The van der Waals surface area contributed by atoms with Crippen LogP contribution in [-0.2, 0) is 4.79 Å². The number of halogens is 1. The zero-order valence-electron chi connectivity index (χ0n) is 12.7. The van der Waals surface area contributed by atoms with E-state index < -0.39 is 0 Å². The Kier molecular flexibility index (Phi) is 6.04. The molecule has 0 radical (unpaired) electrons. The molecule has 0 aliphatic heterocycles. The fourth-order valence-electron chi connectivity index (χ4n) is 1.54. The largest absolute Gasteiger partial charge is 0.363 e. The maximum Gasteiger partial charge on any atom is 0.250 e. The van der Waals surface area contributed by atoms with Gasteiger partial charge in [-0.15, -0.1) is 0 Å². The second kappa shape index (κ2) is 8.23. The summed E-state index contributed by atoms with van der Waals surface area (Å²) in [6.07, 6.45) is 3.10. The molecule has 23 heavy (non-hydrogen) atoms. The van der Waals surface area contributed by atoms with Crippen molar-refractivity contribution in [3.8, 4) is 0 Å². The highest BCUT2D eigenvalue weighted by Gasteiger charge is 2.05. The molecule has 1 aromatic carbocycles. The molecule has 0 aliphatic rings. The van der Waals surface area contributed by atoms with Gasteiger partial charge in [-0.1, -0.05) is 23.9 Å². The second-order valence-corrected chi connectivity index (χ2v) is 5.67. The van der Waals surface area contributed by atoms with Crippen molar-refractivity contribution in [1.29, 1.82) is 0 Å². The number of thioether (sulfide) groups is 1. The van der Waals surface area contributed by atoms with Crippen molar-refractivity contribution in [2.24, 2.45) is 5.10 Å². The molecule has 1 N–H and O–H groups in total. The summed E-state index contributed by atoms with van der Waals surface area (Å²) in [6, 6.07) is 7.58. The summed E-state index contributed by atoms with van der Waals surface area (Å²) in [5, 5.41) is 4.34. The summed E-state index contributed by atoms with van der Waals surface area (Å²) in [5.74, 6) is 0.337. The molecule has 2 rings (SSSR count). The third-order valence-corrected chi connectivity index (χ3v) is 3.54. The van der Waals surface area contributed by atoms with Crippen LogP contribution in [0.3, 0.4) is 0 Å². The smallest absolute Gasteiger partial charge is 0.250 e. The summed E-state index contributed by atoms with van der Waals surface area (Å²) >= 11 is 1.22. The van der Waals surface area contributed by atoms with Crippen LogP contribution < -0.4 is 10.3 Å². The number of nitrogens with zero attached hydrogens (tertiary/aromatic N) is 4. The van der Waals surface area contributed by atoms with Gasteiger partial charge in [-0.2, -0.15) is 5.10 Å². The molecule has 0 bridgehead atoms. The van der Waals surface area contributed by atoms with Gasteiger partial charge in [-0.3, -0.25) is 4.79 Å². The minimum atomic E-state index is -0.317. The number of hydrogen-bond donors (Lipinski definition) is 1. The van der Waals surface area contributed by atoms with E-state index in [4.69, 9.17) is 0 Å². The molecule has 120 valence electrons. The molecule has 0 spiro atoms. The predicted octanol–water partition coefficient (Wildman–Crippen LogP) is 1.92. The average Bonchev–Trinajstić information content (AvgIpc) is 2.55. The van der Waals surface area contributed by atoms with Crippen LogP contribution in [0.5, 0.6) is 0 Å². The van der Waals surface area contributed by atoms with Crippen molar-refractivity contribution in [2.75, 3.05) is 24.7 Å². The number of hydrazone groups is 1. The Morgan fingerprint density at radius 2 is 2.09 bits per heavy atom. The first-order valence-corrected chi connectivity index (χ1v) is 7.74. The number of amides is 1. The minimum Gasteiger partial charge on any atom is -0.363 e. The van der Waals surface area contributed by atoms with E-state index in [1.807, 2.05) is 19.0 Å². The van der Waals surface area contributed by atoms with Crippen molar-refractivity contribution in [2.45, 2.75) is 5.16 Å². The number of anilines is 1. The van der Waals surface area contributed by atoms with E-state index in [1.165, 1.54) is 30.1 Å². The van der Waals surface area contributed by atoms with Gasteiger partial charge < -0.3 is 4.90 Å². The Morgan fingerprint density at radius 3 is 2.78 bits per heavy atom. The van der Waals surface area contributed by atoms with E-state index in [2.05, 4.69) is 20.5 Å². The van der Waals surface area contributed by atoms with Gasteiger partial charge in [0.1, 0.15) is 11.6 Å². The van der Waals surface area contributed by atoms with Gasteiger partial charge in [0.25, 0.3) is 5.91 Å². The Hall–Kier alpha value is -2.48. The molecule has 8 heteroatoms. The fourth-order valence-corrected chi connectivity index (χ4v) is 2.16. The van der Waals surface area contributed by atoms with E-state index in [0.717, 1.165) is 5.82 Å². The first-order chi connectivity index (χ1) is 11.0. The quantitative estimate of drug-likeness (QED) is 0.378. The van der Waals surface area contributed by atoms with Gasteiger partial charge in [0.15, 0.2) is 5.16 Å². The molecular weight excluding hydrogens is 317 g/mol. The molecule has 1 amide bonds. The normalized spacial score (nSPS) is 10.7. The lowest BCUT2D eigenvalue weighted by Gasteiger charge is -2.10. The van der Waals surface area contributed by atoms with Crippen LogP contribution in [0.2, 0.25) is 0 Å². The highest BCUT2D eigenvalue weighted by atomic mass is 32.2. The van der Waals surface area contributed by atoms with Crippen LogP contribution in [0, 0.1) is 5.82 Å². The zero-order chi connectivity index (χ0) is 16.7. The summed E-state index contributed by atoms with van der Waals surface area (Å²) in [6.45, 7) is 0. The van der Waals surface area contributed by atoms with Gasteiger partial charge in [0, 0.05) is 20.3 Å². The third kappa shape index (κ3) is 5.67. The van der Waals surface area contributed by atoms with Gasteiger partial charge in [0.05, 0.1) is 12.0 Å². The first kappa shape index (κ1) is 16.9. The Morgan fingerprint density at radius 1 is 1.35 bits per heavy atom. The van der Waals surface area contributed by atoms with E-state index in [-0.39, 0.29) is 17.5 Å². The lowest BCUT2D eigenvalue weighted by molar-refractivity contribution is -0.118. The monoisotopic (exact) mass is 333 g/mol. The Bertz CT molecular complexity index is 691. The maximum absolute atomic E-state index is 12.7. The number of carbonyl (C=O) groups excluding carboxylic acids is 1. The molecule has 0 unspecified atom stereocenters. The minimum absolute atomic E-state index is 0.150. The number of rotatable bonds is 6. The van der Waals surface area contributed by atoms with E-state index in [9.17, 15) is 9.18 Å². The highest BCUT2D eigenvalue weighted by Crippen LogP contribution is 2.15. The number of nitrogens with one attached hydrogen (secondary N) is 1. The molecule has 1 heterocycles. The molecule has 6 nitrogen and oxygen atoms in total. The molecule has 0 aliphatic carbocycles. The molecule has 0 atom stereocenters. The van der Waals surface area contributed by atoms with E-state index in [0.29, 0.717) is 10.7 Å². The van der Waals surface area contributed by atoms with Crippen LogP contribution in [0.25, 0.3) is 0 Å². The summed E-state index contributed by atoms with van der Waals surface area (Å²) < 4.78 is 12.7. The summed E-state index contributed by atoms with van der Waals surface area (Å²) in [5.41, 5.74) is 3.10. The van der Waals surface area contributed by atoms with Gasteiger partial charge in [-0.05, 0) is 23.8 Å². The summed E-state index contributed by atoms with van der Waals surface area (Å²) in [4.78, 5) is 22.0. The van der Waals surface area contributed by atoms with Crippen molar-refractivity contribution >= 4 is 29.7 Å². The standard InChI is InChI=1S/C15H16FN5OS/c1-21(2)13-7-8-17-15(19-13)23-10-14(22)20-18-9-11-3-5-12(16)6-4-11/h3-9H,10H2,1-2H3,(H,20,22)/b18-9+. The highest BCUT2D eigenvalue weighted by molar-refractivity contribution is 7.99. The van der Waals surface area contributed by atoms with Crippen LogP contribution >= 0.6 is 11.8 Å². The van der Waals surface area contributed by atoms with Gasteiger partial charge >= 0.3 is 0 Å². The number of aromatic nitrogens is 2. The summed E-state index contributed by atoms with van der Waals surface area (Å²) in [7, 11) is 3.77. The molecule has 0 fully saturated rings. The van der Waals surface area contributed by atoms with Crippen LogP contribution in [0.1, 0.15) is 5.56 Å². The van der Waals surface area contributed by atoms with Crippen LogP contribution in [0.15, 0.2) is 46.8 Å². The van der Waals surface area contributed by atoms with Crippen molar-refractivity contribution in [3.05, 3.63) is 47.9 Å². The first-order valence-electron chi connectivity index (χ1n) is 6.75. The predicted molar refractivity (Wildman–Crippen MR) is 89.2 cm³/mol. The van der Waals surface area contributed by atoms with E-state index in [1.54, 1.807) is 24.4 Å². The van der Waals surface area contributed by atoms with Crippen molar-refractivity contribution in [1.82, 2.24) is 15.4 Å². The van der Waals surface area contributed by atoms with Crippen LogP contribution in [0.4, 0.5) is 10.2 Å². The molecule has 1 aromatic heterocycles. The fraction of sp³-hybridized carbons (Fsp3) is 0.200. The maximum atomic E-state index is 12.7. The van der Waals surface area contributed by atoms with Crippen LogP contribution in [-0.4, -0.2) is 41.9 Å². The van der Waals surface area contributed by atoms with Crippen molar-refractivity contribution < 1.29 is 9.18 Å². The lowest BCUT2D eigenvalue weighted by atomic mass is 10.2. The second-order valence-electron chi connectivity index (χ2n) is 4.73. The Balaban J connectivity index is 1.81.